The molecule has 0 amide bonds. The lowest BCUT2D eigenvalue weighted by Crippen LogP contribution is -2.16. The highest BCUT2D eigenvalue weighted by molar-refractivity contribution is 7.15. The standard InChI is InChI=1S/C16H22FN3S/c1-4-8-18-10-15-12(2)19-16(21-15)20(3)11-13-6-5-7-14(17)9-13/h5-7,9,18H,4,8,10-11H2,1-3H3. The van der Waals surface area contributed by atoms with Crippen molar-refractivity contribution < 1.29 is 4.39 Å². The molecule has 21 heavy (non-hydrogen) atoms. The average molecular weight is 307 g/mol. The van der Waals surface area contributed by atoms with Gasteiger partial charge >= 0.3 is 0 Å². The first-order valence-corrected chi connectivity index (χ1v) is 8.04. The topological polar surface area (TPSA) is 28.2 Å². The molecule has 0 bridgehead atoms. The normalized spacial score (nSPS) is 10.9. The lowest BCUT2D eigenvalue weighted by atomic mass is 10.2. The molecule has 0 fully saturated rings. The Morgan fingerprint density at radius 1 is 1.38 bits per heavy atom. The number of aryl methyl sites for hydroxylation is 1. The van der Waals surface area contributed by atoms with Crippen LogP contribution in [-0.2, 0) is 13.1 Å². The van der Waals surface area contributed by atoms with Crippen LogP contribution in [0.1, 0.15) is 29.5 Å². The number of aromatic nitrogens is 1. The van der Waals surface area contributed by atoms with Crippen LogP contribution in [0.2, 0.25) is 0 Å². The molecule has 3 nitrogen and oxygen atoms in total. The number of halogens is 1. The number of anilines is 1. The van der Waals surface area contributed by atoms with Gasteiger partial charge in [0, 0.05) is 25.0 Å². The molecule has 0 aliphatic rings. The van der Waals surface area contributed by atoms with Gasteiger partial charge in [-0.15, -0.1) is 11.3 Å². The van der Waals surface area contributed by atoms with E-state index < -0.39 is 0 Å². The molecule has 1 heterocycles. The van der Waals surface area contributed by atoms with Crippen molar-refractivity contribution in [1.82, 2.24) is 10.3 Å². The molecule has 0 atom stereocenters. The van der Waals surface area contributed by atoms with Gasteiger partial charge in [-0.25, -0.2) is 9.37 Å². The third-order valence-corrected chi connectivity index (χ3v) is 4.50. The van der Waals surface area contributed by atoms with Crippen molar-refractivity contribution in [2.24, 2.45) is 0 Å². The Morgan fingerprint density at radius 2 is 2.19 bits per heavy atom. The Kier molecular flexibility index (Phi) is 5.70. The maximum atomic E-state index is 13.2. The van der Waals surface area contributed by atoms with Gasteiger partial charge in [-0.2, -0.15) is 0 Å². The maximum absolute atomic E-state index is 13.2. The summed E-state index contributed by atoms with van der Waals surface area (Å²) in [5.74, 6) is -0.194. The second-order valence-electron chi connectivity index (χ2n) is 5.17. The Morgan fingerprint density at radius 3 is 2.90 bits per heavy atom. The van der Waals surface area contributed by atoms with Crippen molar-refractivity contribution in [3.63, 3.8) is 0 Å². The third-order valence-electron chi connectivity index (χ3n) is 3.23. The summed E-state index contributed by atoms with van der Waals surface area (Å²) in [5, 5.41) is 4.38. The van der Waals surface area contributed by atoms with E-state index in [1.165, 1.54) is 10.9 Å². The molecule has 2 aromatic rings. The number of hydrogen-bond acceptors (Lipinski definition) is 4. The predicted molar refractivity (Wildman–Crippen MR) is 87.4 cm³/mol. The van der Waals surface area contributed by atoms with Crippen molar-refractivity contribution in [2.75, 3.05) is 18.5 Å². The van der Waals surface area contributed by atoms with Crippen LogP contribution in [0.4, 0.5) is 9.52 Å². The van der Waals surface area contributed by atoms with Gasteiger partial charge in [0.1, 0.15) is 5.82 Å². The fourth-order valence-electron chi connectivity index (χ4n) is 2.10. The van der Waals surface area contributed by atoms with Gasteiger partial charge in [0.05, 0.1) is 5.69 Å². The number of benzene rings is 1. The van der Waals surface area contributed by atoms with Crippen molar-refractivity contribution in [3.05, 3.63) is 46.2 Å². The Balaban J connectivity index is 2.02. The lowest BCUT2D eigenvalue weighted by Gasteiger charge is -2.15. The quantitative estimate of drug-likeness (QED) is 0.790. The maximum Gasteiger partial charge on any atom is 0.185 e. The van der Waals surface area contributed by atoms with Crippen LogP contribution in [0, 0.1) is 12.7 Å². The fraction of sp³-hybridized carbons (Fsp3) is 0.438. The monoisotopic (exact) mass is 307 g/mol. The highest BCUT2D eigenvalue weighted by Gasteiger charge is 2.11. The number of nitrogens with one attached hydrogen (secondary N) is 1. The number of hydrogen-bond donors (Lipinski definition) is 1. The fourth-order valence-corrected chi connectivity index (χ4v) is 3.09. The van der Waals surface area contributed by atoms with E-state index in [9.17, 15) is 4.39 Å². The summed E-state index contributed by atoms with van der Waals surface area (Å²) >= 11 is 1.70. The summed E-state index contributed by atoms with van der Waals surface area (Å²) in [4.78, 5) is 7.95. The van der Waals surface area contributed by atoms with E-state index >= 15 is 0 Å². The van der Waals surface area contributed by atoms with Crippen LogP contribution in [-0.4, -0.2) is 18.6 Å². The SMILES string of the molecule is CCCNCc1sc(N(C)Cc2cccc(F)c2)nc1C. The molecular formula is C16H22FN3S. The first kappa shape index (κ1) is 15.9. The van der Waals surface area contributed by atoms with Crippen LogP contribution in [0.5, 0.6) is 0 Å². The van der Waals surface area contributed by atoms with Gasteiger partial charge in [0.25, 0.3) is 0 Å². The molecule has 0 saturated carbocycles. The molecule has 0 saturated heterocycles. The smallest absolute Gasteiger partial charge is 0.185 e. The van der Waals surface area contributed by atoms with Crippen molar-refractivity contribution in [1.29, 1.82) is 0 Å². The van der Waals surface area contributed by atoms with E-state index in [2.05, 4.69) is 22.1 Å². The molecule has 5 heteroatoms. The van der Waals surface area contributed by atoms with Gasteiger partial charge in [0.15, 0.2) is 5.13 Å². The number of rotatable bonds is 7. The number of nitrogens with zero attached hydrogens (tertiary/aromatic N) is 2. The second kappa shape index (κ2) is 7.52. The van der Waals surface area contributed by atoms with E-state index in [1.54, 1.807) is 23.5 Å². The molecule has 0 radical (unpaired) electrons. The van der Waals surface area contributed by atoms with E-state index in [4.69, 9.17) is 0 Å². The summed E-state index contributed by atoms with van der Waals surface area (Å²) in [6.45, 7) is 6.74. The molecule has 0 aliphatic heterocycles. The zero-order chi connectivity index (χ0) is 15.2. The zero-order valence-electron chi connectivity index (χ0n) is 12.8. The van der Waals surface area contributed by atoms with Gasteiger partial charge < -0.3 is 10.2 Å². The highest BCUT2D eigenvalue weighted by atomic mass is 32.1. The summed E-state index contributed by atoms with van der Waals surface area (Å²) < 4.78 is 13.2. The molecule has 0 unspecified atom stereocenters. The molecular weight excluding hydrogens is 285 g/mol. The molecule has 1 N–H and O–H groups in total. The summed E-state index contributed by atoms with van der Waals surface area (Å²) in [5.41, 5.74) is 2.03. The van der Waals surface area contributed by atoms with E-state index in [0.717, 1.165) is 35.9 Å². The molecule has 0 spiro atoms. The van der Waals surface area contributed by atoms with Crippen LogP contribution < -0.4 is 10.2 Å². The van der Waals surface area contributed by atoms with Crippen LogP contribution in [0.15, 0.2) is 24.3 Å². The van der Waals surface area contributed by atoms with Crippen molar-refractivity contribution in [3.8, 4) is 0 Å². The largest absolute Gasteiger partial charge is 0.347 e. The number of thiazole rings is 1. The first-order valence-electron chi connectivity index (χ1n) is 7.22. The van der Waals surface area contributed by atoms with Crippen molar-refractivity contribution in [2.45, 2.75) is 33.4 Å². The molecule has 1 aromatic heterocycles. The van der Waals surface area contributed by atoms with Crippen molar-refractivity contribution >= 4 is 16.5 Å². The van der Waals surface area contributed by atoms with Gasteiger partial charge in [-0.1, -0.05) is 19.1 Å². The minimum Gasteiger partial charge on any atom is -0.347 e. The highest BCUT2D eigenvalue weighted by Crippen LogP contribution is 2.26. The van der Waals surface area contributed by atoms with Crippen LogP contribution in [0.25, 0.3) is 0 Å². The van der Waals surface area contributed by atoms with E-state index in [-0.39, 0.29) is 5.82 Å². The summed E-state index contributed by atoms with van der Waals surface area (Å²) in [6.07, 6.45) is 1.13. The molecule has 2 rings (SSSR count). The zero-order valence-corrected chi connectivity index (χ0v) is 13.6. The van der Waals surface area contributed by atoms with E-state index in [0.29, 0.717) is 6.54 Å². The van der Waals surface area contributed by atoms with Crippen LogP contribution >= 0.6 is 11.3 Å². The minimum atomic E-state index is -0.194. The lowest BCUT2D eigenvalue weighted by molar-refractivity contribution is 0.625. The summed E-state index contributed by atoms with van der Waals surface area (Å²) in [7, 11) is 1.99. The third kappa shape index (κ3) is 4.51. The van der Waals surface area contributed by atoms with Gasteiger partial charge in [-0.3, -0.25) is 0 Å². The van der Waals surface area contributed by atoms with E-state index in [1.807, 2.05) is 20.0 Å². The molecule has 1 aromatic carbocycles. The first-order chi connectivity index (χ1) is 10.1. The average Bonchev–Trinajstić information content (AvgIpc) is 2.81. The molecule has 0 aliphatic carbocycles. The second-order valence-corrected chi connectivity index (χ2v) is 6.23. The van der Waals surface area contributed by atoms with Gasteiger partial charge in [-0.05, 0) is 37.6 Å². The van der Waals surface area contributed by atoms with Gasteiger partial charge in [0.2, 0.25) is 0 Å². The molecule has 114 valence electrons. The Labute approximate surface area is 129 Å². The minimum absolute atomic E-state index is 0.194. The van der Waals surface area contributed by atoms with Crippen LogP contribution in [0.3, 0.4) is 0 Å². The Hall–Kier alpha value is -1.46. The summed E-state index contributed by atoms with van der Waals surface area (Å²) in [6, 6.07) is 6.71. The Bertz CT molecular complexity index is 583. The predicted octanol–water partition coefficient (Wildman–Crippen LogP) is 3.73.